The van der Waals surface area contributed by atoms with Gasteiger partial charge in [0, 0.05) is 12.7 Å². The summed E-state index contributed by atoms with van der Waals surface area (Å²) in [4.78, 5) is 0. The van der Waals surface area contributed by atoms with E-state index >= 15 is 0 Å². The molecule has 1 aliphatic carbocycles. The van der Waals surface area contributed by atoms with Crippen molar-refractivity contribution >= 4 is 0 Å². The van der Waals surface area contributed by atoms with Crippen LogP contribution in [0.3, 0.4) is 0 Å². The summed E-state index contributed by atoms with van der Waals surface area (Å²) in [5.41, 5.74) is 4.50. The van der Waals surface area contributed by atoms with Crippen molar-refractivity contribution in [2.45, 2.75) is 52.1 Å². The molecule has 1 saturated carbocycles. The standard InChI is InChI=1S/C12H22N4/c1-3-16-10(6-9-14-16)11(15-13)12(2)7-4-5-8-12/h6,9,11,15H,3-5,7-8,13H2,1-2H3. The average molecular weight is 222 g/mol. The minimum absolute atomic E-state index is 0.220. The van der Waals surface area contributed by atoms with Gasteiger partial charge in [0.15, 0.2) is 0 Å². The molecule has 0 bridgehead atoms. The molecule has 1 unspecified atom stereocenters. The van der Waals surface area contributed by atoms with Crippen LogP contribution in [0.25, 0.3) is 0 Å². The van der Waals surface area contributed by atoms with Crippen molar-refractivity contribution in [2.75, 3.05) is 0 Å². The number of hydrazine groups is 1. The lowest BCUT2D eigenvalue weighted by molar-refractivity contribution is 0.214. The Bertz CT molecular complexity index is 339. The van der Waals surface area contributed by atoms with Gasteiger partial charge in [-0.2, -0.15) is 5.10 Å². The fourth-order valence-electron chi connectivity index (χ4n) is 2.97. The van der Waals surface area contributed by atoms with Crippen LogP contribution in [0.2, 0.25) is 0 Å². The normalized spacial score (nSPS) is 21.2. The van der Waals surface area contributed by atoms with Crippen molar-refractivity contribution in [3.05, 3.63) is 18.0 Å². The van der Waals surface area contributed by atoms with E-state index in [1.165, 1.54) is 31.4 Å². The van der Waals surface area contributed by atoms with E-state index in [-0.39, 0.29) is 11.5 Å². The van der Waals surface area contributed by atoms with Gasteiger partial charge in [0.05, 0.1) is 11.7 Å². The minimum Gasteiger partial charge on any atom is -0.271 e. The summed E-state index contributed by atoms with van der Waals surface area (Å²) in [5, 5.41) is 4.33. The van der Waals surface area contributed by atoms with Gasteiger partial charge in [0.2, 0.25) is 0 Å². The molecule has 3 N–H and O–H groups in total. The Morgan fingerprint density at radius 1 is 1.56 bits per heavy atom. The molecule has 1 aromatic rings. The van der Waals surface area contributed by atoms with Gasteiger partial charge in [-0.3, -0.25) is 16.0 Å². The van der Waals surface area contributed by atoms with E-state index in [0.717, 1.165) is 6.54 Å². The molecule has 1 aliphatic rings. The number of rotatable bonds is 4. The molecule has 1 heterocycles. The van der Waals surface area contributed by atoms with E-state index in [1.54, 1.807) is 0 Å². The second-order valence-corrected chi connectivity index (χ2v) is 5.03. The van der Waals surface area contributed by atoms with Crippen LogP contribution >= 0.6 is 0 Å². The quantitative estimate of drug-likeness (QED) is 0.605. The van der Waals surface area contributed by atoms with Crippen LogP contribution < -0.4 is 11.3 Å². The SMILES string of the molecule is CCn1nccc1C(NN)C1(C)CCCC1. The van der Waals surface area contributed by atoms with Crippen LogP contribution in [0.5, 0.6) is 0 Å². The first-order valence-electron chi connectivity index (χ1n) is 6.19. The van der Waals surface area contributed by atoms with Crippen molar-refractivity contribution in [3.63, 3.8) is 0 Å². The lowest BCUT2D eigenvalue weighted by atomic mass is 9.79. The molecule has 0 radical (unpaired) electrons. The Balaban J connectivity index is 2.28. The second kappa shape index (κ2) is 4.55. The molecule has 4 nitrogen and oxygen atoms in total. The van der Waals surface area contributed by atoms with Crippen molar-refractivity contribution in [2.24, 2.45) is 11.3 Å². The molecule has 2 rings (SSSR count). The fraction of sp³-hybridized carbons (Fsp3) is 0.750. The maximum absolute atomic E-state index is 5.76. The number of aryl methyl sites for hydroxylation is 1. The summed E-state index contributed by atoms with van der Waals surface area (Å²) in [5.74, 6) is 5.76. The van der Waals surface area contributed by atoms with Crippen molar-refractivity contribution in [3.8, 4) is 0 Å². The lowest BCUT2D eigenvalue weighted by Gasteiger charge is -2.33. The highest BCUT2D eigenvalue weighted by atomic mass is 15.3. The predicted octanol–water partition coefficient (Wildman–Crippen LogP) is 1.99. The number of aromatic nitrogens is 2. The van der Waals surface area contributed by atoms with Gasteiger partial charge in [-0.1, -0.05) is 19.8 Å². The van der Waals surface area contributed by atoms with E-state index in [4.69, 9.17) is 5.84 Å². The molecule has 4 heteroatoms. The Hall–Kier alpha value is -0.870. The molecule has 1 fully saturated rings. The number of nitrogens with zero attached hydrogens (tertiary/aromatic N) is 2. The van der Waals surface area contributed by atoms with Gasteiger partial charge in [-0.25, -0.2) is 0 Å². The van der Waals surface area contributed by atoms with Gasteiger partial charge in [0.25, 0.3) is 0 Å². The van der Waals surface area contributed by atoms with E-state index < -0.39 is 0 Å². The molecule has 16 heavy (non-hydrogen) atoms. The first kappa shape index (κ1) is 11.6. The summed E-state index contributed by atoms with van der Waals surface area (Å²) in [6.45, 7) is 5.34. The Labute approximate surface area is 97.2 Å². The molecule has 90 valence electrons. The number of hydrogen-bond acceptors (Lipinski definition) is 3. The zero-order valence-electron chi connectivity index (χ0n) is 10.2. The van der Waals surface area contributed by atoms with E-state index in [1.807, 2.05) is 10.9 Å². The van der Waals surface area contributed by atoms with Gasteiger partial charge >= 0.3 is 0 Å². The van der Waals surface area contributed by atoms with Crippen LogP contribution in [0.1, 0.15) is 51.3 Å². The topological polar surface area (TPSA) is 55.9 Å². The first-order chi connectivity index (χ1) is 7.71. The van der Waals surface area contributed by atoms with Crippen LogP contribution in [0.4, 0.5) is 0 Å². The number of hydrogen-bond donors (Lipinski definition) is 2. The van der Waals surface area contributed by atoms with E-state index in [9.17, 15) is 0 Å². The predicted molar refractivity (Wildman–Crippen MR) is 64.5 cm³/mol. The third-order valence-electron chi connectivity index (χ3n) is 3.95. The fourth-order valence-corrected chi connectivity index (χ4v) is 2.97. The summed E-state index contributed by atoms with van der Waals surface area (Å²) in [6.07, 6.45) is 6.99. The Kier molecular flexibility index (Phi) is 3.30. The van der Waals surface area contributed by atoms with Gasteiger partial charge in [-0.15, -0.1) is 0 Å². The molecular weight excluding hydrogens is 200 g/mol. The molecular formula is C12H22N4. The van der Waals surface area contributed by atoms with Crippen LogP contribution in [0.15, 0.2) is 12.3 Å². The zero-order valence-corrected chi connectivity index (χ0v) is 10.2. The molecule has 0 amide bonds. The van der Waals surface area contributed by atoms with Crippen molar-refractivity contribution in [1.82, 2.24) is 15.2 Å². The number of nitrogens with two attached hydrogens (primary N) is 1. The largest absolute Gasteiger partial charge is 0.271 e. The van der Waals surface area contributed by atoms with Crippen molar-refractivity contribution in [1.29, 1.82) is 0 Å². The van der Waals surface area contributed by atoms with Crippen LogP contribution in [0, 0.1) is 5.41 Å². The van der Waals surface area contributed by atoms with Crippen LogP contribution in [-0.2, 0) is 6.54 Å². The third kappa shape index (κ3) is 1.87. The highest BCUT2D eigenvalue weighted by Crippen LogP contribution is 2.46. The monoisotopic (exact) mass is 222 g/mol. The molecule has 1 atom stereocenters. The third-order valence-corrected chi connectivity index (χ3v) is 3.95. The highest BCUT2D eigenvalue weighted by Gasteiger charge is 2.38. The molecule has 0 aromatic carbocycles. The van der Waals surface area contributed by atoms with Gasteiger partial charge in [-0.05, 0) is 31.2 Å². The lowest BCUT2D eigenvalue weighted by Crippen LogP contribution is -2.39. The zero-order chi connectivity index (χ0) is 11.6. The number of nitrogens with one attached hydrogen (secondary N) is 1. The van der Waals surface area contributed by atoms with Crippen LogP contribution in [-0.4, -0.2) is 9.78 Å². The maximum atomic E-state index is 5.76. The van der Waals surface area contributed by atoms with E-state index in [0.29, 0.717) is 0 Å². The smallest absolute Gasteiger partial charge is 0.0682 e. The molecule has 0 spiro atoms. The van der Waals surface area contributed by atoms with Gasteiger partial charge < -0.3 is 0 Å². The summed E-state index contributed by atoms with van der Waals surface area (Å²) >= 11 is 0. The average Bonchev–Trinajstić information content (AvgIpc) is 2.89. The Morgan fingerprint density at radius 3 is 2.81 bits per heavy atom. The maximum Gasteiger partial charge on any atom is 0.0682 e. The van der Waals surface area contributed by atoms with Crippen molar-refractivity contribution < 1.29 is 0 Å². The summed E-state index contributed by atoms with van der Waals surface area (Å²) in [6, 6.07) is 2.30. The highest BCUT2D eigenvalue weighted by molar-refractivity contribution is 5.12. The summed E-state index contributed by atoms with van der Waals surface area (Å²) < 4.78 is 2.04. The first-order valence-corrected chi connectivity index (χ1v) is 6.19. The minimum atomic E-state index is 0.220. The Morgan fingerprint density at radius 2 is 2.25 bits per heavy atom. The molecule has 0 aliphatic heterocycles. The summed E-state index contributed by atoms with van der Waals surface area (Å²) in [7, 11) is 0. The molecule has 0 saturated heterocycles. The molecule has 1 aromatic heterocycles. The van der Waals surface area contributed by atoms with Gasteiger partial charge in [0.1, 0.15) is 0 Å². The van der Waals surface area contributed by atoms with E-state index in [2.05, 4.69) is 30.4 Å². The second-order valence-electron chi connectivity index (χ2n) is 5.03.